The number of carbonyl (C=O) groups is 1. The summed E-state index contributed by atoms with van der Waals surface area (Å²) in [7, 11) is 1.64. The van der Waals surface area contributed by atoms with Gasteiger partial charge in [-0.15, -0.1) is 22.7 Å². The number of anilines is 2. The molecule has 4 rings (SSSR count). The molecule has 0 unspecified atom stereocenters. The number of carboxylic acids is 1. The van der Waals surface area contributed by atoms with E-state index in [1.54, 1.807) is 30.7 Å². The van der Waals surface area contributed by atoms with Gasteiger partial charge in [0, 0.05) is 34.2 Å². The molecule has 0 aliphatic rings. The molecule has 0 saturated carbocycles. The van der Waals surface area contributed by atoms with E-state index < -0.39 is 5.97 Å². The van der Waals surface area contributed by atoms with Gasteiger partial charge in [-0.3, -0.25) is 0 Å². The van der Waals surface area contributed by atoms with Gasteiger partial charge in [0.1, 0.15) is 23.7 Å². The summed E-state index contributed by atoms with van der Waals surface area (Å²) >= 11 is 3.05. The number of thiophene rings is 1. The van der Waals surface area contributed by atoms with Gasteiger partial charge in [0.15, 0.2) is 5.13 Å². The van der Waals surface area contributed by atoms with Crippen molar-refractivity contribution in [1.29, 1.82) is 0 Å². The van der Waals surface area contributed by atoms with E-state index in [1.165, 1.54) is 11.3 Å². The maximum atomic E-state index is 12.0. The van der Waals surface area contributed by atoms with Crippen LogP contribution >= 0.6 is 22.7 Å². The van der Waals surface area contributed by atoms with Gasteiger partial charge in [-0.1, -0.05) is 32.0 Å². The summed E-state index contributed by atoms with van der Waals surface area (Å²) < 4.78 is 10.8. The highest BCUT2D eigenvalue weighted by Gasteiger charge is 2.19. The minimum atomic E-state index is -1.04. The van der Waals surface area contributed by atoms with Gasteiger partial charge in [-0.25, -0.2) is 14.8 Å². The normalized spacial score (nSPS) is 11.1. The predicted octanol–water partition coefficient (Wildman–Crippen LogP) is 6.60. The van der Waals surface area contributed by atoms with E-state index in [9.17, 15) is 9.90 Å². The van der Waals surface area contributed by atoms with E-state index in [-0.39, 0.29) is 11.4 Å². The summed E-state index contributed by atoms with van der Waals surface area (Å²) in [6.45, 7) is 5.30. The average Bonchev–Trinajstić information content (AvgIpc) is 3.50. The molecule has 0 spiro atoms. The van der Waals surface area contributed by atoms with Gasteiger partial charge in [-0.05, 0) is 42.0 Å². The first-order chi connectivity index (χ1) is 16.9. The number of methoxy groups -OCH3 is 1. The molecule has 0 atom stereocenters. The third-order valence-electron chi connectivity index (χ3n) is 5.10. The molecule has 2 N–H and O–H groups in total. The first-order valence-corrected chi connectivity index (χ1v) is 12.9. The van der Waals surface area contributed by atoms with Gasteiger partial charge < -0.3 is 19.9 Å². The summed E-state index contributed by atoms with van der Waals surface area (Å²) in [5, 5.41) is 15.5. The highest BCUT2D eigenvalue weighted by molar-refractivity contribution is 7.16. The van der Waals surface area contributed by atoms with Crippen LogP contribution in [0.25, 0.3) is 21.7 Å². The van der Waals surface area contributed by atoms with E-state index in [1.807, 2.05) is 41.8 Å². The number of carboxylic acid groups (broad SMARTS) is 1. The van der Waals surface area contributed by atoms with Crippen LogP contribution < -0.4 is 10.1 Å². The fourth-order valence-corrected chi connectivity index (χ4v) is 5.43. The van der Waals surface area contributed by atoms with Crippen LogP contribution in [0.5, 0.6) is 5.75 Å². The Labute approximate surface area is 212 Å². The van der Waals surface area contributed by atoms with Crippen LogP contribution in [0, 0.1) is 5.92 Å². The first-order valence-electron chi connectivity index (χ1n) is 11.2. The number of benzene rings is 1. The van der Waals surface area contributed by atoms with Crippen molar-refractivity contribution in [2.45, 2.75) is 20.3 Å². The zero-order valence-electron chi connectivity index (χ0n) is 19.8. The van der Waals surface area contributed by atoms with Crippen molar-refractivity contribution in [3.05, 3.63) is 64.5 Å². The molecule has 1 aromatic carbocycles. The van der Waals surface area contributed by atoms with Gasteiger partial charge in [0.2, 0.25) is 0 Å². The number of aromatic carboxylic acids is 1. The SMILES string of the molecule is COCCOc1cccc(-c2nc(Nc3ncc(-c4cccs4)cc3C(=O)O)sc2CC(C)C)c1. The van der Waals surface area contributed by atoms with Crippen LogP contribution in [0.4, 0.5) is 10.9 Å². The predicted molar refractivity (Wildman–Crippen MR) is 141 cm³/mol. The zero-order chi connectivity index (χ0) is 24.8. The lowest BCUT2D eigenvalue weighted by atomic mass is 10.0. The summed E-state index contributed by atoms with van der Waals surface area (Å²) in [4.78, 5) is 23.3. The summed E-state index contributed by atoms with van der Waals surface area (Å²) in [5.74, 6) is 0.405. The van der Waals surface area contributed by atoms with E-state index in [0.717, 1.165) is 38.7 Å². The fourth-order valence-electron chi connectivity index (χ4n) is 3.52. The molecule has 4 aromatic rings. The van der Waals surface area contributed by atoms with Crippen molar-refractivity contribution < 1.29 is 19.4 Å². The molecule has 0 aliphatic carbocycles. The van der Waals surface area contributed by atoms with Crippen LogP contribution in [0.3, 0.4) is 0 Å². The summed E-state index contributed by atoms with van der Waals surface area (Å²) in [6, 6.07) is 13.3. The highest BCUT2D eigenvalue weighted by atomic mass is 32.1. The molecule has 3 aromatic heterocycles. The highest BCUT2D eigenvalue weighted by Crippen LogP contribution is 2.36. The van der Waals surface area contributed by atoms with Crippen LogP contribution in [0.2, 0.25) is 0 Å². The third-order valence-corrected chi connectivity index (χ3v) is 7.02. The van der Waals surface area contributed by atoms with Crippen molar-refractivity contribution in [2.75, 3.05) is 25.6 Å². The second-order valence-electron chi connectivity index (χ2n) is 8.29. The number of hydrogen-bond donors (Lipinski definition) is 2. The number of rotatable bonds is 11. The zero-order valence-corrected chi connectivity index (χ0v) is 21.4. The monoisotopic (exact) mass is 509 g/mol. The second kappa shape index (κ2) is 11.4. The molecule has 35 heavy (non-hydrogen) atoms. The Kier molecular flexibility index (Phi) is 8.12. The number of aromatic nitrogens is 2. The van der Waals surface area contributed by atoms with E-state index in [4.69, 9.17) is 14.5 Å². The Balaban J connectivity index is 1.66. The summed E-state index contributed by atoms with van der Waals surface area (Å²) in [6.07, 6.45) is 2.53. The molecule has 0 fully saturated rings. The Hall–Kier alpha value is -3.27. The molecular formula is C26H27N3O4S2. The Bertz CT molecular complexity index is 1290. The van der Waals surface area contributed by atoms with Crippen LogP contribution in [0.15, 0.2) is 54.0 Å². The molecule has 7 nitrogen and oxygen atoms in total. The van der Waals surface area contributed by atoms with Crippen molar-refractivity contribution >= 4 is 39.6 Å². The maximum Gasteiger partial charge on any atom is 0.339 e. The van der Waals surface area contributed by atoms with Gasteiger partial charge in [-0.2, -0.15) is 0 Å². The molecule has 3 heterocycles. The Morgan fingerprint density at radius 2 is 2.00 bits per heavy atom. The average molecular weight is 510 g/mol. The van der Waals surface area contributed by atoms with Crippen molar-refractivity contribution in [2.24, 2.45) is 5.92 Å². The molecule has 0 saturated heterocycles. The van der Waals surface area contributed by atoms with Gasteiger partial charge in [0.25, 0.3) is 0 Å². The molecule has 0 bridgehead atoms. The van der Waals surface area contributed by atoms with Crippen molar-refractivity contribution in [3.8, 4) is 27.4 Å². The standard InChI is InChI=1S/C26H27N3O4S2/c1-16(2)12-22-23(17-6-4-7-19(13-17)33-10-9-32-3)28-26(35-22)29-24-20(25(30)31)14-18(15-27-24)21-8-5-11-34-21/h4-8,11,13-16H,9-10,12H2,1-3H3,(H,30,31)(H,27,28,29). The number of nitrogens with one attached hydrogen (secondary N) is 1. The van der Waals surface area contributed by atoms with Crippen LogP contribution in [-0.2, 0) is 11.2 Å². The molecule has 182 valence electrons. The van der Waals surface area contributed by atoms with Crippen molar-refractivity contribution in [1.82, 2.24) is 9.97 Å². The van der Waals surface area contributed by atoms with Crippen molar-refractivity contribution in [3.63, 3.8) is 0 Å². The molecule has 9 heteroatoms. The largest absolute Gasteiger partial charge is 0.491 e. The number of nitrogens with zero attached hydrogens (tertiary/aromatic N) is 2. The number of thiazole rings is 1. The Morgan fingerprint density at radius 1 is 1.14 bits per heavy atom. The quantitative estimate of drug-likeness (QED) is 0.220. The smallest absolute Gasteiger partial charge is 0.339 e. The lowest BCUT2D eigenvalue weighted by molar-refractivity contribution is 0.0697. The van der Waals surface area contributed by atoms with Crippen LogP contribution in [0.1, 0.15) is 29.1 Å². The van der Waals surface area contributed by atoms with E-state index in [0.29, 0.717) is 24.3 Å². The number of pyridine rings is 1. The number of hydrogen-bond acceptors (Lipinski definition) is 8. The minimum Gasteiger partial charge on any atom is -0.491 e. The third kappa shape index (κ3) is 6.25. The Morgan fingerprint density at radius 3 is 2.71 bits per heavy atom. The maximum absolute atomic E-state index is 12.0. The summed E-state index contributed by atoms with van der Waals surface area (Å²) in [5.41, 5.74) is 2.68. The van der Waals surface area contributed by atoms with E-state index in [2.05, 4.69) is 24.1 Å². The molecule has 0 aliphatic heterocycles. The molecule has 0 amide bonds. The lowest BCUT2D eigenvalue weighted by Crippen LogP contribution is -2.05. The molecular weight excluding hydrogens is 482 g/mol. The van der Waals surface area contributed by atoms with Gasteiger partial charge >= 0.3 is 5.97 Å². The second-order valence-corrected chi connectivity index (χ2v) is 10.3. The van der Waals surface area contributed by atoms with Gasteiger partial charge in [0.05, 0.1) is 12.3 Å². The van der Waals surface area contributed by atoms with Crippen LogP contribution in [-0.4, -0.2) is 41.4 Å². The topological polar surface area (TPSA) is 93.6 Å². The minimum absolute atomic E-state index is 0.103. The van der Waals surface area contributed by atoms with E-state index >= 15 is 0 Å². The lowest BCUT2D eigenvalue weighted by Gasteiger charge is -2.08. The fraction of sp³-hybridized carbons (Fsp3) is 0.269. The number of ether oxygens (including phenoxy) is 2. The first kappa shape index (κ1) is 24.8. The molecule has 0 radical (unpaired) electrons.